The fraction of sp³-hybridized carbons (Fsp3) is 0.182. The third-order valence-electron chi connectivity index (χ3n) is 4.10. The average Bonchev–Trinajstić information content (AvgIpc) is 3.00. The molecule has 30 heavy (non-hydrogen) atoms. The van der Waals surface area contributed by atoms with E-state index >= 15 is 0 Å². The molecule has 0 unspecified atom stereocenters. The molecule has 8 heteroatoms. The number of nitrogens with zero attached hydrogens (tertiary/aromatic N) is 1. The minimum absolute atomic E-state index is 0.198. The Kier molecular flexibility index (Phi) is 7.42. The number of thiocarbonyl (C=S) groups is 1. The number of thioether (sulfide) groups is 1. The van der Waals surface area contributed by atoms with E-state index in [1.165, 1.54) is 16.7 Å². The summed E-state index contributed by atoms with van der Waals surface area (Å²) in [6.07, 6.45) is 3.37. The van der Waals surface area contributed by atoms with E-state index in [4.69, 9.17) is 38.0 Å². The van der Waals surface area contributed by atoms with Crippen LogP contribution in [0.25, 0.3) is 6.08 Å². The lowest BCUT2D eigenvalue weighted by atomic mass is 10.1. The van der Waals surface area contributed by atoms with Crippen LogP contribution in [0.2, 0.25) is 5.02 Å². The molecule has 2 aromatic rings. The van der Waals surface area contributed by atoms with Crippen LogP contribution >= 0.6 is 35.6 Å². The van der Waals surface area contributed by atoms with Crippen LogP contribution in [0.3, 0.4) is 0 Å². The highest BCUT2D eigenvalue weighted by Gasteiger charge is 2.33. The number of anilines is 1. The summed E-state index contributed by atoms with van der Waals surface area (Å²) in [5.41, 5.74) is 1.40. The molecule has 1 aliphatic heterocycles. The number of ether oxygens (including phenoxy) is 3. The van der Waals surface area contributed by atoms with Crippen LogP contribution in [-0.2, 0) is 4.79 Å². The fourth-order valence-electron chi connectivity index (χ4n) is 2.79. The van der Waals surface area contributed by atoms with E-state index in [0.717, 1.165) is 0 Å². The SMILES string of the molecule is C=CCOc1c(Cl)cc(/C=C2\SC(=S)N(c3ccc(OC)cc3)C2=O)cc1OCC. The Bertz CT molecular complexity index is 1000. The van der Waals surface area contributed by atoms with Crippen molar-refractivity contribution in [1.82, 2.24) is 0 Å². The summed E-state index contributed by atoms with van der Waals surface area (Å²) in [7, 11) is 1.59. The second kappa shape index (κ2) is 10.0. The number of halogens is 1. The largest absolute Gasteiger partial charge is 0.497 e. The molecule has 0 atom stereocenters. The first kappa shape index (κ1) is 22.2. The molecule has 0 aromatic heterocycles. The second-order valence-electron chi connectivity index (χ2n) is 6.08. The van der Waals surface area contributed by atoms with Crippen molar-refractivity contribution in [1.29, 1.82) is 0 Å². The zero-order valence-corrected chi connectivity index (χ0v) is 18.9. The van der Waals surface area contributed by atoms with Gasteiger partial charge in [-0.25, -0.2) is 0 Å². The molecule has 0 aliphatic carbocycles. The zero-order chi connectivity index (χ0) is 21.7. The topological polar surface area (TPSA) is 48.0 Å². The summed E-state index contributed by atoms with van der Waals surface area (Å²) in [6.45, 7) is 6.27. The number of carbonyl (C=O) groups is 1. The summed E-state index contributed by atoms with van der Waals surface area (Å²) in [5.74, 6) is 1.46. The van der Waals surface area contributed by atoms with Gasteiger partial charge in [-0.3, -0.25) is 9.69 Å². The van der Waals surface area contributed by atoms with Crippen LogP contribution in [0, 0.1) is 0 Å². The minimum Gasteiger partial charge on any atom is -0.497 e. The Labute approximate surface area is 190 Å². The van der Waals surface area contributed by atoms with E-state index in [1.54, 1.807) is 55.7 Å². The average molecular weight is 462 g/mol. The van der Waals surface area contributed by atoms with Gasteiger partial charge in [-0.15, -0.1) is 0 Å². The number of benzene rings is 2. The van der Waals surface area contributed by atoms with Gasteiger partial charge in [0.15, 0.2) is 15.8 Å². The van der Waals surface area contributed by atoms with Crippen molar-refractivity contribution < 1.29 is 19.0 Å². The highest BCUT2D eigenvalue weighted by molar-refractivity contribution is 8.27. The Morgan fingerprint density at radius 2 is 1.97 bits per heavy atom. The van der Waals surface area contributed by atoms with Crippen molar-refractivity contribution in [3.05, 3.63) is 64.5 Å². The van der Waals surface area contributed by atoms with Crippen molar-refractivity contribution in [2.75, 3.05) is 25.2 Å². The number of hydrogen-bond acceptors (Lipinski definition) is 6. The van der Waals surface area contributed by atoms with E-state index in [9.17, 15) is 4.79 Å². The number of hydrogen-bond donors (Lipinski definition) is 0. The predicted molar refractivity (Wildman–Crippen MR) is 127 cm³/mol. The Morgan fingerprint density at radius 3 is 2.60 bits per heavy atom. The van der Waals surface area contributed by atoms with E-state index in [0.29, 0.717) is 56.0 Å². The van der Waals surface area contributed by atoms with Gasteiger partial charge in [0.25, 0.3) is 5.91 Å². The smallest absolute Gasteiger partial charge is 0.270 e. The summed E-state index contributed by atoms with van der Waals surface area (Å²) in [6, 6.07) is 10.7. The normalized spacial score (nSPS) is 14.9. The Balaban J connectivity index is 1.91. The molecular formula is C22H20ClNO4S2. The van der Waals surface area contributed by atoms with Crippen molar-refractivity contribution in [3.8, 4) is 17.2 Å². The first-order chi connectivity index (χ1) is 14.5. The van der Waals surface area contributed by atoms with Gasteiger partial charge in [-0.05, 0) is 55.0 Å². The van der Waals surface area contributed by atoms with Gasteiger partial charge in [0.1, 0.15) is 12.4 Å². The van der Waals surface area contributed by atoms with E-state index in [2.05, 4.69) is 6.58 Å². The Morgan fingerprint density at radius 1 is 1.23 bits per heavy atom. The molecule has 3 rings (SSSR count). The van der Waals surface area contributed by atoms with Gasteiger partial charge in [-0.1, -0.05) is 48.2 Å². The second-order valence-corrected chi connectivity index (χ2v) is 8.16. The van der Waals surface area contributed by atoms with Crippen LogP contribution in [-0.4, -0.2) is 30.6 Å². The van der Waals surface area contributed by atoms with Gasteiger partial charge < -0.3 is 14.2 Å². The number of rotatable bonds is 8. The zero-order valence-electron chi connectivity index (χ0n) is 16.5. The molecule has 0 bridgehead atoms. The van der Waals surface area contributed by atoms with Crippen LogP contribution in [0.4, 0.5) is 5.69 Å². The molecule has 156 valence electrons. The summed E-state index contributed by atoms with van der Waals surface area (Å²) in [4.78, 5) is 15.0. The molecule has 0 radical (unpaired) electrons. The third kappa shape index (κ3) is 4.80. The number of amides is 1. The first-order valence-corrected chi connectivity index (χ1v) is 10.7. The van der Waals surface area contributed by atoms with Gasteiger partial charge >= 0.3 is 0 Å². The molecule has 0 N–H and O–H groups in total. The molecule has 2 aromatic carbocycles. The Hall–Kier alpha value is -2.48. The van der Waals surface area contributed by atoms with Crippen LogP contribution in [0.5, 0.6) is 17.2 Å². The molecule has 0 saturated carbocycles. The van der Waals surface area contributed by atoms with Gasteiger partial charge in [0.2, 0.25) is 0 Å². The lowest BCUT2D eigenvalue weighted by Gasteiger charge is -2.15. The molecule has 1 fully saturated rings. The third-order valence-corrected chi connectivity index (χ3v) is 5.68. The molecular weight excluding hydrogens is 442 g/mol. The quantitative estimate of drug-likeness (QED) is 0.285. The highest BCUT2D eigenvalue weighted by atomic mass is 35.5. The monoisotopic (exact) mass is 461 g/mol. The predicted octanol–water partition coefficient (Wildman–Crippen LogP) is 5.72. The molecule has 1 saturated heterocycles. The van der Waals surface area contributed by atoms with E-state index < -0.39 is 0 Å². The molecule has 0 spiro atoms. The minimum atomic E-state index is -0.198. The molecule has 5 nitrogen and oxygen atoms in total. The maximum absolute atomic E-state index is 13.0. The van der Waals surface area contributed by atoms with E-state index in [-0.39, 0.29) is 5.91 Å². The van der Waals surface area contributed by atoms with Crippen molar-refractivity contribution in [3.63, 3.8) is 0 Å². The number of carbonyl (C=O) groups excluding carboxylic acids is 1. The van der Waals surface area contributed by atoms with E-state index in [1.807, 2.05) is 6.92 Å². The first-order valence-electron chi connectivity index (χ1n) is 9.10. The lowest BCUT2D eigenvalue weighted by Crippen LogP contribution is -2.27. The standard InChI is InChI=1S/C22H20ClNO4S2/c1-4-10-28-20-17(23)11-14(12-18(20)27-5-2)13-19-21(25)24(22(29)30-19)15-6-8-16(26-3)9-7-15/h4,6-9,11-13H,1,5,10H2,2-3H3/b19-13-. The van der Waals surface area contributed by atoms with Crippen molar-refractivity contribution in [2.24, 2.45) is 0 Å². The van der Waals surface area contributed by atoms with Gasteiger partial charge in [-0.2, -0.15) is 0 Å². The van der Waals surface area contributed by atoms with Crippen LogP contribution in [0.15, 0.2) is 54.0 Å². The van der Waals surface area contributed by atoms with Gasteiger partial charge in [0, 0.05) is 0 Å². The molecule has 1 amide bonds. The van der Waals surface area contributed by atoms with Crippen LogP contribution < -0.4 is 19.1 Å². The summed E-state index contributed by atoms with van der Waals surface area (Å²) < 4.78 is 16.9. The van der Waals surface area contributed by atoms with Crippen LogP contribution in [0.1, 0.15) is 12.5 Å². The highest BCUT2D eigenvalue weighted by Crippen LogP contribution is 2.40. The van der Waals surface area contributed by atoms with Crippen molar-refractivity contribution >= 4 is 57.6 Å². The lowest BCUT2D eigenvalue weighted by molar-refractivity contribution is -0.113. The summed E-state index contributed by atoms with van der Waals surface area (Å²) in [5, 5.41) is 0.389. The molecule has 1 heterocycles. The molecule has 1 aliphatic rings. The summed E-state index contributed by atoms with van der Waals surface area (Å²) >= 11 is 13.1. The fourth-order valence-corrected chi connectivity index (χ4v) is 4.36. The maximum Gasteiger partial charge on any atom is 0.270 e. The maximum atomic E-state index is 13.0. The number of methoxy groups -OCH3 is 1. The van der Waals surface area contributed by atoms with Crippen molar-refractivity contribution in [2.45, 2.75) is 6.92 Å². The van der Waals surface area contributed by atoms with Gasteiger partial charge in [0.05, 0.1) is 29.3 Å².